The number of halogens is 1. The second-order valence-corrected chi connectivity index (χ2v) is 7.35. The summed E-state index contributed by atoms with van der Waals surface area (Å²) in [4.78, 5) is 0.900. The van der Waals surface area contributed by atoms with Crippen LogP contribution in [0.5, 0.6) is 0 Å². The second kappa shape index (κ2) is 6.24. The molecule has 4 nitrogen and oxygen atoms in total. The Morgan fingerprint density at radius 1 is 1.40 bits per heavy atom. The van der Waals surface area contributed by atoms with Gasteiger partial charge in [-0.3, -0.25) is 0 Å². The lowest BCUT2D eigenvalue weighted by molar-refractivity contribution is 0.281. The van der Waals surface area contributed by atoms with Gasteiger partial charge in [-0.05, 0) is 36.1 Å². The highest BCUT2D eigenvalue weighted by Crippen LogP contribution is 2.26. The lowest BCUT2D eigenvalue weighted by Crippen LogP contribution is -2.26. The molecule has 2 N–H and O–H groups in total. The number of thiophene rings is 1. The molecule has 108 valence electrons. The summed E-state index contributed by atoms with van der Waals surface area (Å²) in [5.74, 6) is 0. The van der Waals surface area contributed by atoms with Gasteiger partial charge in [0.1, 0.15) is 4.90 Å². The summed E-state index contributed by atoms with van der Waals surface area (Å²) in [6, 6.07) is 7.83. The van der Waals surface area contributed by atoms with E-state index < -0.39 is 10.0 Å². The maximum Gasteiger partial charge on any atom is 0.242 e. The zero-order valence-corrected chi connectivity index (χ0v) is 13.1. The Hall–Kier alpha value is -0.920. The van der Waals surface area contributed by atoms with Crippen LogP contribution in [-0.2, 0) is 16.6 Å². The fourth-order valence-electron chi connectivity index (χ4n) is 1.74. The number of benzene rings is 1. The van der Waals surface area contributed by atoms with E-state index in [1.54, 1.807) is 13.0 Å². The van der Waals surface area contributed by atoms with Crippen LogP contribution < -0.4 is 4.72 Å². The van der Waals surface area contributed by atoms with Gasteiger partial charge in [0.15, 0.2) is 0 Å². The average molecular weight is 332 g/mol. The number of aliphatic hydroxyl groups excluding tert-OH is 1. The molecule has 0 saturated carbocycles. The first-order chi connectivity index (χ1) is 9.44. The minimum Gasteiger partial charge on any atom is -0.392 e. The van der Waals surface area contributed by atoms with Crippen LogP contribution in [0, 0.1) is 0 Å². The first-order valence-electron chi connectivity index (χ1n) is 5.89. The van der Waals surface area contributed by atoms with Gasteiger partial charge in [-0.2, -0.15) is 0 Å². The zero-order chi connectivity index (χ0) is 14.8. The van der Waals surface area contributed by atoms with Crippen LogP contribution in [-0.4, -0.2) is 13.5 Å². The molecule has 0 radical (unpaired) electrons. The van der Waals surface area contributed by atoms with Crippen molar-refractivity contribution in [2.75, 3.05) is 0 Å². The second-order valence-electron chi connectivity index (χ2n) is 4.28. The Morgan fingerprint density at radius 2 is 2.15 bits per heavy atom. The van der Waals surface area contributed by atoms with Crippen molar-refractivity contribution in [3.05, 3.63) is 51.2 Å². The van der Waals surface area contributed by atoms with E-state index in [1.165, 1.54) is 23.5 Å². The average Bonchev–Trinajstić information content (AvgIpc) is 2.92. The maximum atomic E-state index is 12.4. The Bertz CT molecular complexity index is 684. The summed E-state index contributed by atoms with van der Waals surface area (Å²) < 4.78 is 27.3. The largest absolute Gasteiger partial charge is 0.392 e. The van der Waals surface area contributed by atoms with E-state index in [0.29, 0.717) is 5.56 Å². The number of hydrogen-bond acceptors (Lipinski definition) is 4. The standard InChI is InChI=1S/C13H14ClNO3S2/c1-9(12-3-2-6-19-12)15-20(17,18)13-7-10(8-16)4-5-11(13)14/h2-7,9,15-16H,8H2,1H3. The molecule has 0 amide bonds. The predicted molar refractivity (Wildman–Crippen MR) is 80.4 cm³/mol. The normalized spacial score (nSPS) is 13.3. The van der Waals surface area contributed by atoms with Gasteiger partial charge in [-0.15, -0.1) is 11.3 Å². The summed E-state index contributed by atoms with van der Waals surface area (Å²) in [7, 11) is -3.74. The molecule has 1 aromatic carbocycles. The Labute approximate surface area is 127 Å². The molecule has 0 bridgehead atoms. The number of aliphatic hydroxyl groups is 1. The summed E-state index contributed by atoms with van der Waals surface area (Å²) in [6.45, 7) is 1.54. The Morgan fingerprint density at radius 3 is 2.75 bits per heavy atom. The molecule has 1 unspecified atom stereocenters. The monoisotopic (exact) mass is 331 g/mol. The van der Waals surface area contributed by atoms with Gasteiger partial charge in [0.25, 0.3) is 0 Å². The van der Waals surface area contributed by atoms with E-state index in [4.69, 9.17) is 16.7 Å². The van der Waals surface area contributed by atoms with Crippen LogP contribution in [0.1, 0.15) is 23.4 Å². The highest BCUT2D eigenvalue weighted by atomic mass is 35.5. The molecule has 0 saturated heterocycles. The summed E-state index contributed by atoms with van der Waals surface area (Å²) in [6.07, 6.45) is 0. The van der Waals surface area contributed by atoms with Crippen LogP contribution in [0.4, 0.5) is 0 Å². The van der Waals surface area contributed by atoms with Crippen molar-refractivity contribution in [3.8, 4) is 0 Å². The number of nitrogens with one attached hydrogen (secondary N) is 1. The molecule has 0 aliphatic rings. The molecule has 0 fully saturated rings. The molecule has 2 aromatic rings. The van der Waals surface area contributed by atoms with Gasteiger partial charge in [0.2, 0.25) is 10.0 Å². The molecule has 1 aromatic heterocycles. The van der Waals surface area contributed by atoms with E-state index in [9.17, 15) is 8.42 Å². The van der Waals surface area contributed by atoms with Crippen molar-refractivity contribution in [3.63, 3.8) is 0 Å². The predicted octanol–water partition coefficient (Wildman–Crippen LogP) is 2.93. The molecular weight excluding hydrogens is 318 g/mol. The van der Waals surface area contributed by atoms with Gasteiger partial charge in [0, 0.05) is 4.88 Å². The van der Waals surface area contributed by atoms with Gasteiger partial charge in [0.05, 0.1) is 17.7 Å². The molecule has 7 heteroatoms. The van der Waals surface area contributed by atoms with Crippen LogP contribution in [0.25, 0.3) is 0 Å². The van der Waals surface area contributed by atoms with E-state index in [2.05, 4.69) is 4.72 Å². The third-order valence-electron chi connectivity index (χ3n) is 2.77. The van der Waals surface area contributed by atoms with E-state index in [0.717, 1.165) is 4.88 Å². The third-order valence-corrected chi connectivity index (χ3v) is 5.85. The Kier molecular flexibility index (Phi) is 4.82. The molecule has 20 heavy (non-hydrogen) atoms. The van der Waals surface area contributed by atoms with Crippen LogP contribution in [0.2, 0.25) is 5.02 Å². The lowest BCUT2D eigenvalue weighted by Gasteiger charge is -2.14. The van der Waals surface area contributed by atoms with Crippen molar-refractivity contribution < 1.29 is 13.5 Å². The van der Waals surface area contributed by atoms with E-state index >= 15 is 0 Å². The van der Waals surface area contributed by atoms with Crippen LogP contribution in [0.15, 0.2) is 40.6 Å². The molecule has 0 aliphatic carbocycles. The minimum atomic E-state index is -3.74. The van der Waals surface area contributed by atoms with Crippen molar-refractivity contribution in [2.45, 2.75) is 24.5 Å². The summed E-state index contributed by atoms with van der Waals surface area (Å²) in [5, 5.41) is 11.1. The van der Waals surface area contributed by atoms with Crippen molar-refractivity contribution in [2.24, 2.45) is 0 Å². The van der Waals surface area contributed by atoms with Crippen LogP contribution in [0.3, 0.4) is 0 Å². The molecule has 1 heterocycles. The molecule has 2 rings (SSSR count). The van der Waals surface area contributed by atoms with Gasteiger partial charge in [-0.1, -0.05) is 23.7 Å². The molecule has 0 spiro atoms. The summed E-state index contributed by atoms with van der Waals surface area (Å²) in [5.41, 5.74) is 0.499. The van der Waals surface area contributed by atoms with Gasteiger partial charge >= 0.3 is 0 Å². The first kappa shape index (κ1) is 15.5. The fourth-order valence-corrected chi connectivity index (χ4v) is 4.33. The van der Waals surface area contributed by atoms with Crippen LogP contribution >= 0.6 is 22.9 Å². The lowest BCUT2D eigenvalue weighted by atomic mass is 10.2. The highest BCUT2D eigenvalue weighted by molar-refractivity contribution is 7.89. The summed E-state index contributed by atoms with van der Waals surface area (Å²) >= 11 is 7.43. The van der Waals surface area contributed by atoms with E-state index in [1.807, 2.05) is 17.5 Å². The highest BCUT2D eigenvalue weighted by Gasteiger charge is 2.22. The SMILES string of the molecule is CC(NS(=O)(=O)c1cc(CO)ccc1Cl)c1cccs1. The van der Waals surface area contributed by atoms with Gasteiger partial charge < -0.3 is 5.11 Å². The van der Waals surface area contributed by atoms with Crippen molar-refractivity contribution in [1.82, 2.24) is 4.72 Å². The van der Waals surface area contributed by atoms with E-state index in [-0.39, 0.29) is 22.6 Å². The number of sulfonamides is 1. The van der Waals surface area contributed by atoms with Crippen molar-refractivity contribution >= 4 is 33.0 Å². The topological polar surface area (TPSA) is 66.4 Å². The first-order valence-corrected chi connectivity index (χ1v) is 8.63. The number of hydrogen-bond donors (Lipinski definition) is 2. The third kappa shape index (κ3) is 3.39. The van der Waals surface area contributed by atoms with Gasteiger partial charge in [-0.25, -0.2) is 13.1 Å². The maximum absolute atomic E-state index is 12.4. The van der Waals surface area contributed by atoms with Crippen molar-refractivity contribution in [1.29, 1.82) is 0 Å². The fraction of sp³-hybridized carbons (Fsp3) is 0.231. The quantitative estimate of drug-likeness (QED) is 0.885. The smallest absolute Gasteiger partial charge is 0.242 e. The molecular formula is C13H14ClNO3S2. The Balaban J connectivity index is 2.31. The zero-order valence-electron chi connectivity index (χ0n) is 10.7. The number of rotatable bonds is 5. The minimum absolute atomic E-state index is 0.0193. The molecule has 0 aliphatic heterocycles. The molecule has 1 atom stereocenters.